The zero-order valence-electron chi connectivity index (χ0n) is 11.3. The van der Waals surface area contributed by atoms with E-state index in [9.17, 15) is 5.11 Å². The third kappa shape index (κ3) is 2.85. The van der Waals surface area contributed by atoms with Crippen molar-refractivity contribution in [1.29, 1.82) is 0 Å². The molecule has 1 saturated heterocycles. The van der Waals surface area contributed by atoms with Crippen LogP contribution in [0.15, 0.2) is 18.2 Å². The van der Waals surface area contributed by atoms with Crippen molar-refractivity contribution in [1.82, 2.24) is 4.90 Å². The van der Waals surface area contributed by atoms with Gasteiger partial charge in [-0.25, -0.2) is 0 Å². The van der Waals surface area contributed by atoms with Crippen LogP contribution in [0.1, 0.15) is 31.4 Å². The van der Waals surface area contributed by atoms with E-state index in [0.29, 0.717) is 6.54 Å². The Labute approximate surface area is 113 Å². The molecule has 0 aliphatic carbocycles. The fourth-order valence-electron chi connectivity index (χ4n) is 2.92. The number of hydrogen-bond donors (Lipinski definition) is 1. The van der Waals surface area contributed by atoms with Crippen molar-refractivity contribution >= 4 is 0 Å². The van der Waals surface area contributed by atoms with E-state index in [0.717, 1.165) is 36.1 Å². The van der Waals surface area contributed by atoms with Crippen molar-refractivity contribution in [3.63, 3.8) is 0 Å². The van der Waals surface area contributed by atoms with E-state index in [1.807, 2.05) is 18.2 Å². The van der Waals surface area contributed by atoms with Gasteiger partial charge < -0.3 is 19.5 Å². The van der Waals surface area contributed by atoms with Crippen LogP contribution < -0.4 is 9.47 Å². The molecule has 0 saturated carbocycles. The lowest BCUT2D eigenvalue weighted by Gasteiger charge is -2.32. The molecule has 0 spiro atoms. The highest BCUT2D eigenvalue weighted by Gasteiger charge is 2.21. The molecule has 1 aromatic carbocycles. The third-order valence-electron chi connectivity index (χ3n) is 3.95. The maximum Gasteiger partial charge on any atom is 0.231 e. The molecular formula is C15H21NO3. The van der Waals surface area contributed by atoms with Crippen LogP contribution in [0.25, 0.3) is 0 Å². The standard InChI is InChI=1S/C15H21NO3/c1-11-3-2-6-16(8-11)9-13(17)12-4-5-14-15(7-12)19-10-18-14/h4-5,7,11,13,17H,2-3,6,8-10H2,1H3/t11-,13+/m1/s1. The van der Waals surface area contributed by atoms with E-state index in [4.69, 9.17) is 9.47 Å². The summed E-state index contributed by atoms with van der Waals surface area (Å²) in [7, 11) is 0. The molecule has 0 bridgehead atoms. The number of β-amino-alcohol motifs (C(OH)–C–C–N with tert-alkyl or cyclic N) is 1. The van der Waals surface area contributed by atoms with Gasteiger partial charge in [-0.05, 0) is 43.0 Å². The van der Waals surface area contributed by atoms with E-state index in [1.54, 1.807) is 0 Å². The first kappa shape index (κ1) is 12.8. The van der Waals surface area contributed by atoms with E-state index in [2.05, 4.69) is 11.8 Å². The first-order valence-corrected chi connectivity index (χ1v) is 7.02. The van der Waals surface area contributed by atoms with Gasteiger partial charge in [0.15, 0.2) is 11.5 Å². The molecule has 2 aliphatic heterocycles. The number of aliphatic hydroxyl groups excluding tert-OH is 1. The van der Waals surface area contributed by atoms with Crippen LogP contribution in [0.5, 0.6) is 11.5 Å². The third-order valence-corrected chi connectivity index (χ3v) is 3.95. The summed E-state index contributed by atoms with van der Waals surface area (Å²) >= 11 is 0. The molecule has 0 unspecified atom stereocenters. The lowest BCUT2D eigenvalue weighted by molar-refractivity contribution is 0.0874. The largest absolute Gasteiger partial charge is 0.454 e. The fraction of sp³-hybridized carbons (Fsp3) is 0.600. The van der Waals surface area contributed by atoms with Crippen LogP contribution in [0, 0.1) is 5.92 Å². The molecule has 4 nitrogen and oxygen atoms in total. The molecule has 2 atom stereocenters. The molecule has 0 aromatic heterocycles. The topological polar surface area (TPSA) is 41.9 Å². The fourth-order valence-corrected chi connectivity index (χ4v) is 2.92. The highest BCUT2D eigenvalue weighted by Crippen LogP contribution is 2.34. The number of nitrogens with zero attached hydrogens (tertiary/aromatic N) is 1. The Morgan fingerprint density at radius 2 is 2.21 bits per heavy atom. The van der Waals surface area contributed by atoms with E-state index >= 15 is 0 Å². The molecule has 3 rings (SSSR count). The second-order valence-corrected chi connectivity index (χ2v) is 5.64. The van der Waals surface area contributed by atoms with Gasteiger partial charge in [0.2, 0.25) is 6.79 Å². The molecule has 1 aromatic rings. The lowest BCUT2D eigenvalue weighted by atomic mass is 9.99. The molecular weight excluding hydrogens is 242 g/mol. The van der Waals surface area contributed by atoms with Crippen LogP contribution in [0.4, 0.5) is 0 Å². The smallest absolute Gasteiger partial charge is 0.231 e. The van der Waals surface area contributed by atoms with Crippen molar-refractivity contribution < 1.29 is 14.6 Å². The SMILES string of the molecule is C[C@@H]1CCCN(C[C@H](O)c2ccc3c(c2)OCO3)C1. The number of ether oxygens (including phenoxy) is 2. The Hall–Kier alpha value is -1.26. The Balaban J connectivity index is 1.65. The quantitative estimate of drug-likeness (QED) is 0.907. The summed E-state index contributed by atoms with van der Waals surface area (Å²) in [5.74, 6) is 2.24. The predicted octanol–water partition coefficient (Wildman–Crippen LogP) is 2.18. The van der Waals surface area contributed by atoms with Gasteiger partial charge in [-0.1, -0.05) is 13.0 Å². The van der Waals surface area contributed by atoms with Crippen molar-refractivity contribution in [2.45, 2.75) is 25.9 Å². The van der Waals surface area contributed by atoms with Gasteiger partial charge in [0.05, 0.1) is 6.10 Å². The minimum absolute atomic E-state index is 0.276. The number of benzene rings is 1. The summed E-state index contributed by atoms with van der Waals surface area (Å²) in [6, 6.07) is 5.69. The molecule has 4 heteroatoms. The van der Waals surface area contributed by atoms with E-state index in [1.165, 1.54) is 12.8 Å². The Bertz CT molecular complexity index is 449. The van der Waals surface area contributed by atoms with Crippen molar-refractivity contribution in [3.8, 4) is 11.5 Å². The van der Waals surface area contributed by atoms with Crippen molar-refractivity contribution in [2.75, 3.05) is 26.4 Å². The Morgan fingerprint density at radius 3 is 3.05 bits per heavy atom. The van der Waals surface area contributed by atoms with Gasteiger partial charge in [-0.2, -0.15) is 0 Å². The molecule has 1 N–H and O–H groups in total. The Morgan fingerprint density at radius 1 is 1.37 bits per heavy atom. The maximum atomic E-state index is 10.4. The molecule has 2 aliphatic rings. The number of likely N-dealkylation sites (tertiary alicyclic amines) is 1. The predicted molar refractivity (Wildman–Crippen MR) is 72.4 cm³/mol. The van der Waals surface area contributed by atoms with Gasteiger partial charge >= 0.3 is 0 Å². The van der Waals surface area contributed by atoms with Crippen LogP contribution in [0.3, 0.4) is 0 Å². The summed E-state index contributed by atoms with van der Waals surface area (Å²) in [5, 5.41) is 10.4. The van der Waals surface area contributed by atoms with E-state index < -0.39 is 6.10 Å². The number of aliphatic hydroxyl groups is 1. The molecule has 0 amide bonds. The van der Waals surface area contributed by atoms with Crippen LogP contribution in [-0.4, -0.2) is 36.4 Å². The molecule has 2 heterocycles. The van der Waals surface area contributed by atoms with Gasteiger partial charge in [0, 0.05) is 13.1 Å². The van der Waals surface area contributed by atoms with Crippen LogP contribution in [-0.2, 0) is 0 Å². The molecule has 1 fully saturated rings. The average Bonchev–Trinajstić information content (AvgIpc) is 2.85. The molecule has 0 radical (unpaired) electrons. The van der Waals surface area contributed by atoms with Gasteiger partial charge in [-0.3, -0.25) is 0 Å². The van der Waals surface area contributed by atoms with E-state index in [-0.39, 0.29) is 6.79 Å². The van der Waals surface area contributed by atoms with Gasteiger partial charge in [0.1, 0.15) is 0 Å². The minimum Gasteiger partial charge on any atom is -0.454 e. The van der Waals surface area contributed by atoms with Crippen molar-refractivity contribution in [2.24, 2.45) is 5.92 Å². The monoisotopic (exact) mass is 263 g/mol. The number of hydrogen-bond acceptors (Lipinski definition) is 4. The zero-order valence-corrected chi connectivity index (χ0v) is 11.3. The lowest BCUT2D eigenvalue weighted by Crippen LogP contribution is -2.37. The summed E-state index contributed by atoms with van der Waals surface area (Å²) in [5.41, 5.74) is 0.905. The molecule has 19 heavy (non-hydrogen) atoms. The van der Waals surface area contributed by atoms with Gasteiger partial charge in [-0.15, -0.1) is 0 Å². The highest BCUT2D eigenvalue weighted by molar-refractivity contribution is 5.45. The summed E-state index contributed by atoms with van der Waals surface area (Å²) in [4.78, 5) is 2.35. The second kappa shape index (κ2) is 5.39. The highest BCUT2D eigenvalue weighted by atomic mass is 16.7. The van der Waals surface area contributed by atoms with Crippen molar-refractivity contribution in [3.05, 3.63) is 23.8 Å². The summed E-state index contributed by atoms with van der Waals surface area (Å²) in [6.45, 7) is 5.43. The first-order chi connectivity index (χ1) is 9.22. The summed E-state index contributed by atoms with van der Waals surface area (Å²) in [6.07, 6.45) is 2.07. The zero-order chi connectivity index (χ0) is 13.2. The average molecular weight is 263 g/mol. The minimum atomic E-state index is -0.459. The molecule has 104 valence electrons. The first-order valence-electron chi connectivity index (χ1n) is 7.02. The number of rotatable bonds is 3. The summed E-state index contributed by atoms with van der Waals surface area (Å²) < 4.78 is 10.6. The maximum absolute atomic E-state index is 10.4. The van der Waals surface area contributed by atoms with Crippen LogP contribution in [0.2, 0.25) is 0 Å². The second-order valence-electron chi connectivity index (χ2n) is 5.64. The van der Waals surface area contributed by atoms with Gasteiger partial charge in [0.25, 0.3) is 0 Å². The number of piperidine rings is 1. The Kier molecular flexibility index (Phi) is 3.62. The van der Waals surface area contributed by atoms with Crippen LogP contribution >= 0.6 is 0 Å². The number of fused-ring (bicyclic) bond motifs is 1. The normalized spacial score (nSPS) is 24.4.